The Morgan fingerprint density at radius 2 is 1.85 bits per heavy atom. The molecule has 5 rings (SSSR count). The third-order valence-corrected chi connectivity index (χ3v) is 7.59. The van der Waals surface area contributed by atoms with E-state index in [4.69, 9.17) is 26.8 Å². The summed E-state index contributed by atoms with van der Waals surface area (Å²) in [5.41, 5.74) is 3.73. The molecule has 1 aliphatic heterocycles. The number of hydrogen-bond donors (Lipinski definition) is 0. The molecule has 0 saturated carbocycles. The fraction of sp³-hybridized carbons (Fsp3) is 0.167. The predicted octanol–water partition coefficient (Wildman–Crippen LogP) is 6.53. The van der Waals surface area contributed by atoms with Gasteiger partial charge in [0.05, 0.1) is 24.3 Å². The second kappa shape index (κ2) is 11.8. The highest BCUT2D eigenvalue weighted by Gasteiger charge is 2.32. The zero-order chi connectivity index (χ0) is 27.4. The van der Waals surface area contributed by atoms with E-state index in [2.05, 4.69) is 0 Å². The summed E-state index contributed by atoms with van der Waals surface area (Å²) in [6, 6.07) is 22.1. The summed E-state index contributed by atoms with van der Waals surface area (Å²) in [6.07, 6.45) is 4.28. The Labute approximate surface area is 236 Å². The maximum absolute atomic E-state index is 14.8. The monoisotopic (exact) mass is 559 g/mol. The molecule has 198 valence electrons. The van der Waals surface area contributed by atoms with E-state index < -0.39 is 5.82 Å². The Morgan fingerprint density at radius 3 is 2.54 bits per heavy atom. The summed E-state index contributed by atoms with van der Waals surface area (Å²) in [7, 11) is 1.63. The number of halogens is 1. The van der Waals surface area contributed by atoms with Crippen molar-refractivity contribution in [3.8, 4) is 28.4 Å². The van der Waals surface area contributed by atoms with Crippen LogP contribution in [0.25, 0.3) is 23.0 Å². The van der Waals surface area contributed by atoms with Crippen LogP contribution in [0.3, 0.4) is 0 Å². The maximum Gasteiger partial charge on any atom is 0.266 e. The van der Waals surface area contributed by atoms with Gasteiger partial charge in [-0.2, -0.15) is 5.10 Å². The van der Waals surface area contributed by atoms with Gasteiger partial charge in [0, 0.05) is 23.9 Å². The minimum atomic E-state index is -0.473. The normalized spacial score (nSPS) is 14.3. The summed E-state index contributed by atoms with van der Waals surface area (Å²) in [4.78, 5) is 15.5. The first kappa shape index (κ1) is 26.6. The van der Waals surface area contributed by atoms with Gasteiger partial charge in [0.1, 0.15) is 15.8 Å². The van der Waals surface area contributed by atoms with Gasteiger partial charge in [-0.25, -0.2) is 9.07 Å². The third-order valence-electron chi connectivity index (χ3n) is 6.21. The highest BCUT2D eigenvalue weighted by atomic mass is 32.2. The Bertz CT molecular complexity index is 1540. The summed E-state index contributed by atoms with van der Waals surface area (Å²) in [5, 5.41) is 4.75. The first-order chi connectivity index (χ1) is 19.0. The second-order valence-corrected chi connectivity index (χ2v) is 10.4. The van der Waals surface area contributed by atoms with Gasteiger partial charge in [-0.1, -0.05) is 54.3 Å². The maximum atomic E-state index is 14.8. The molecule has 3 aromatic carbocycles. The second-order valence-electron chi connectivity index (χ2n) is 8.72. The number of carbonyl (C=O) groups is 1. The van der Waals surface area contributed by atoms with Gasteiger partial charge in [0.15, 0.2) is 11.6 Å². The molecule has 1 aromatic heterocycles. The summed E-state index contributed by atoms with van der Waals surface area (Å²) < 4.78 is 27.6. The lowest BCUT2D eigenvalue weighted by molar-refractivity contribution is -0.122. The zero-order valence-electron chi connectivity index (χ0n) is 21.5. The molecule has 2 heterocycles. The average molecular weight is 560 g/mol. The highest BCUT2D eigenvalue weighted by Crippen LogP contribution is 2.35. The summed E-state index contributed by atoms with van der Waals surface area (Å²) in [6.45, 7) is 2.64. The van der Waals surface area contributed by atoms with Gasteiger partial charge in [0.25, 0.3) is 5.91 Å². The largest absolute Gasteiger partial charge is 0.497 e. The minimum absolute atomic E-state index is 0.158. The molecule has 0 aliphatic carbocycles. The molecule has 1 saturated heterocycles. The number of carbonyl (C=O) groups excluding carboxylic acids is 1. The van der Waals surface area contributed by atoms with Crippen molar-refractivity contribution in [2.75, 3.05) is 20.3 Å². The number of ether oxygens (including phenoxy) is 2. The van der Waals surface area contributed by atoms with Crippen LogP contribution in [-0.2, 0) is 11.2 Å². The number of rotatable bonds is 9. The lowest BCUT2D eigenvalue weighted by Crippen LogP contribution is -2.30. The smallest absolute Gasteiger partial charge is 0.266 e. The fourth-order valence-electron chi connectivity index (χ4n) is 4.22. The van der Waals surface area contributed by atoms with Crippen molar-refractivity contribution in [2.45, 2.75) is 13.3 Å². The van der Waals surface area contributed by atoms with Crippen LogP contribution in [0.15, 0.2) is 83.9 Å². The molecule has 0 bridgehead atoms. The quantitative estimate of drug-likeness (QED) is 0.172. The van der Waals surface area contributed by atoms with Gasteiger partial charge in [-0.05, 0) is 67.4 Å². The van der Waals surface area contributed by atoms with E-state index in [1.807, 2.05) is 60.8 Å². The molecular formula is C30H26FN3O3S2. The molecule has 1 aliphatic rings. The highest BCUT2D eigenvalue weighted by molar-refractivity contribution is 8.26. The van der Waals surface area contributed by atoms with Crippen LogP contribution in [0.5, 0.6) is 11.5 Å². The number of methoxy groups -OCH3 is 1. The Balaban J connectivity index is 1.45. The number of amides is 1. The number of aromatic nitrogens is 2. The van der Waals surface area contributed by atoms with Crippen LogP contribution < -0.4 is 9.47 Å². The van der Waals surface area contributed by atoms with Crippen molar-refractivity contribution in [1.29, 1.82) is 0 Å². The van der Waals surface area contributed by atoms with Crippen molar-refractivity contribution in [3.63, 3.8) is 0 Å². The lowest BCUT2D eigenvalue weighted by Gasteiger charge is -2.14. The number of hydrogen-bond acceptors (Lipinski definition) is 6. The van der Waals surface area contributed by atoms with Gasteiger partial charge in [-0.15, -0.1) is 0 Å². The molecule has 1 amide bonds. The Hall–Kier alpha value is -3.95. The SMILES string of the molecule is CCOc1ccc(-c2nn(-c3ccccc3)cc2/C=C2\SC(=S)N(CCc3ccc(OC)cc3)C2=O)cc1F. The van der Waals surface area contributed by atoms with Crippen LogP contribution in [0, 0.1) is 5.82 Å². The van der Waals surface area contributed by atoms with E-state index in [1.54, 1.807) is 41.8 Å². The van der Waals surface area contributed by atoms with Crippen molar-refractivity contribution in [2.24, 2.45) is 0 Å². The molecule has 0 unspecified atom stereocenters. The van der Waals surface area contributed by atoms with Gasteiger partial charge in [0.2, 0.25) is 0 Å². The topological polar surface area (TPSA) is 56.6 Å². The van der Waals surface area contributed by atoms with Crippen LogP contribution in [0.4, 0.5) is 4.39 Å². The van der Waals surface area contributed by atoms with E-state index >= 15 is 0 Å². The fourth-order valence-corrected chi connectivity index (χ4v) is 5.52. The number of benzene rings is 3. The first-order valence-corrected chi connectivity index (χ1v) is 13.7. The Morgan fingerprint density at radius 1 is 1.08 bits per heavy atom. The van der Waals surface area contributed by atoms with E-state index in [9.17, 15) is 9.18 Å². The van der Waals surface area contributed by atoms with Crippen molar-refractivity contribution >= 4 is 40.3 Å². The molecule has 0 N–H and O–H groups in total. The molecule has 0 atom stereocenters. The molecule has 39 heavy (non-hydrogen) atoms. The van der Waals surface area contributed by atoms with Crippen LogP contribution >= 0.6 is 24.0 Å². The number of nitrogens with zero attached hydrogens (tertiary/aromatic N) is 3. The number of thioether (sulfide) groups is 1. The molecule has 1 fully saturated rings. The minimum Gasteiger partial charge on any atom is -0.497 e. The van der Waals surface area contributed by atoms with E-state index in [0.717, 1.165) is 17.0 Å². The van der Waals surface area contributed by atoms with Crippen molar-refractivity contribution < 1.29 is 18.7 Å². The number of para-hydroxylation sites is 1. The molecule has 4 aromatic rings. The van der Waals surface area contributed by atoms with Crippen LogP contribution in [-0.4, -0.2) is 45.2 Å². The molecule has 6 nitrogen and oxygen atoms in total. The van der Waals surface area contributed by atoms with Crippen molar-refractivity contribution in [3.05, 3.63) is 101 Å². The molecule has 0 spiro atoms. The van der Waals surface area contributed by atoms with Crippen LogP contribution in [0.2, 0.25) is 0 Å². The summed E-state index contributed by atoms with van der Waals surface area (Å²) in [5.74, 6) is 0.337. The Kier molecular flexibility index (Phi) is 8.09. The van der Waals surface area contributed by atoms with Crippen molar-refractivity contribution in [1.82, 2.24) is 14.7 Å². The number of thiocarbonyl (C=S) groups is 1. The predicted molar refractivity (Wildman–Crippen MR) is 157 cm³/mol. The van der Waals surface area contributed by atoms with E-state index in [1.165, 1.54) is 17.8 Å². The van der Waals surface area contributed by atoms with Gasteiger partial charge in [-0.3, -0.25) is 9.69 Å². The molecular weight excluding hydrogens is 533 g/mol. The lowest BCUT2D eigenvalue weighted by atomic mass is 10.1. The van der Waals surface area contributed by atoms with E-state index in [0.29, 0.717) is 45.6 Å². The summed E-state index contributed by atoms with van der Waals surface area (Å²) >= 11 is 6.81. The zero-order valence-corrected chi connectivity index (χ0v) is 23.1. The van der Waals surface area contributed by atoms with E-state index in [-0.39, 0.29) is 11.7 Å². The van der Waals surface area contributed by atoms with Gasteiger partial charge < -0.3 is 9.47 Å². The third kappa shape index (κ3) is 5.89. The van der Waals surface area contributed by atoms with Gasteiger partial charge >= 0.3 is 0 Å². The first-order valence-electron chi connectivity index (χ1n) is 12.4. The molecule has 9 heteroatoms. The molecule has 0 radical (unpaired) electrons. The average Bonchev–Trinajstić information content (AvgIpc) is 3.49. The standard InChI is InChI=1S/C30H26FN3O3S2/c1-3-37-26-14-11-21(17-25(26)31)28-22(19-34(32-28)23-7-5-4-6-8-23)18-27-29(35)33(30(38)39-27)16-15-20-9-12-24(36-2)13-10-20/h4-14,17-19H,3,15-16H2,1-2H3/b27-18-. The van der Waals surface area contributed by atoms with Crippen LogP contribution in [0.1, 0.15) is 18.1 Å².